The zero-order chi connectivity index (χ0) is 12.5. The van der Waals surface area contributed by atoms with Gasteiger partial charge in [0.05, 0.1) is 11.2 Å². The van der Waals surface area contributed by atoms with Crippen molar-refractivity contribution >= 4 is 33.8 Å². The number of nitrogens with one attached hydrogen (secondary N) is 1. The zero-order valence-electron chi connectivity index (χ0n) is 10.1. The Morgan fingerprint density at radius 1 is 1.56 bits per heavy atom. The third-order valence-electron chi connectivity index (χ3n) is 3.13. The lowest BCUT2D eigenvalue weighted by Crippen LogP contribution is -2.39. The highest BCUT2D eigenvalue weighted by atomic mass is 35.5. The van der Waals surface area contributed by atoms with Crippen LogP contribution in [0, 0.1) is 12.8 Å². The van der Waals surface area contributed by atoms with Crippen LogP contribution in [0.25, 0.3) is 0 Å². The average molecular weight is 312 g/mol. The fraction of sp³-hybridized carbons (Fsp3) is 0.700. The van der Waals surface area contributed by atoms with Crippen molar-refractivity contribution in [3.05, 3.63) is 11.2 Å². The molecule has 18 heavy (non-hydrogen) atoms. The summed E-state index contributed by atoms with van der Waals surface area (Å²) in [4.78, 5) is 3.97. The van der Waals surface area contributed by atoms with E-state index in [0.717, 1.165) is 24.3 Å². The molecule has 0 aromatic carbocycles. The lowest BCUT2D eigenvalue weighted by atomic mass is 10.1. The van der Waals surface area contributed by atoms with Crippen molar-refractivity contribution in [3.8, 4) is 0 Å². The minimum Gasteiger partial charge on any atom is -0.330 e. The van der Waals surface area contributed by atoms with Crippen LogP contribution in [0.3, 0.4) is 0 Å². The molecule has 1 aliphatic rings. The molecule has 2 rings (SSSR count). The summed E-state index contributed by atoms with van der Waals surface area (Å²) in [7, 11) is -3.42. The third-order valence-corrected chi connectivity index (χ3v) is 6.00. The van der Waals surface area contributed by atoms with E-state index in [1.54, 1.807) is 6.92 Å². The normalized spacial score (nSPS) is 23.9. The molecule has 8 heteroatoms. The van der Waals surface area contributed by atoms with Gasteiger partial charge in [-0.2, -0.15) is 0 Å². The second-order valence-corrected chi connectivity index (χ2v) is 7.53. The molecule has 2 atom stereocenters. The van der Waals surface area contributed by atoms with E-state index in [-0.39, 0.29) is 28.6 Å². The first-order chi connectivity index (χ1) is 8.03. The molecule has 0 bridgehead atoms. The zero-order valence-corrected chi connectivity index (χ0v) is 12.6. The van der Waals surface area contributed by atoms with E-state index in [1.165, 1.54) is 17.5 Å². The molecule has 5 nitrogen and oxygen atoms in total. The van der Waals surface area contributed by atoms with Crippen LogP contribution in [0.2, 0.25) is 0 Å². The van der Waals surface area contributed by atoms with Crippen molar-refractivity contribution in [2.75, 3.05) is 6.54 Å². The monoisotopic (exact) mass is 311 g/mol. The number of sulfonamides is 1. The van der Waals surface area contributed by atoms with Crippen LogP contribution in [0.5, 0.6) is 0 Å². The van der Waals surface area contributed by atoms with Crippen molar-refractivity contribution in [2.24, 2.45) is 11.7 Å². The van der Waals surface area contributed by atoms with Crippen molar-refractivity contribution in [2.45, 2.75) is 36.4 Å². The number of hydrogen-bond donors (Lipinski definition) is 2. The van der Waals surface area contributed by atoms with Crippen LogP contribution < -0.4 is 10.5 Å². The lowest BCUT2D eigenvalue weighted by molar-refractivity contribution is 0.453. The molecule has 0 radical (unpaired) electrons. The summed E-state index contributed by atoms with van der Waals surface area (Å²) in [6.45, 7) is 2.33. The van der Waals surface area contributed by atoms with E-state index < -0.39 is 10.0 Å². The summed E-state index contributed by atoms with van der Waals surface area (Å²) in [6.07, 6.45) is 4.33. The Morgan fingerprint density at radius 3 is 2.83 bits per heavy atom. The van der Waals surface area contributed by atoms with Crippen LogP contribution in [-0.2, 0) is 10.0 Å². The summed E-state index contributed by atoms with van der Waals surface area (Å²) >= 11 is 1.19. The maximum atomic E-state index is 12.1. The topological polar surface area (TPSA) is 85.1 Å². The second kappa shape index (κ2) is 6.29. The van der Waals surface area contributed by atoms with E-state index in [2.05, 4.69) is 9.71 Å². The Kier molecular flexibility index (Phi) is 5.54. The smallest absolute Gasteiger partial charge is 0.251 e. The van der Waals surface area contributed by atoms with Gasteiger partial charge in [-0.25, -0.2) is 18.1 Å². The fourth-order valence-corrected chi connectivity index (χ4v) is 4.66. The van der Waals surface area contributed by atoms with Crippen molar-refractivity contribution in [1.82, 2.24) is 9.71 Å². The summed E-state index contributed by atoms with van der Waals surface area (Å²) in [5, 5.41) is 0.757. The van der Waals surface area contributed by atoms with Gasteiger partial charge in [0, 0.05) is 6.04 Å². The predicted molar refractivity (Wildman–Crippen MR) is 74.6 cm³/mol. The van der Waals surface area contributed by atoms with Gasteiger partial charge in [0.1, 0.15) is 0 Å². The molecule has 1 aliphatic carbocycles. The predicted octanol–water partition coefficient (Wildman–Crippen LogP) is 1.28. The summed E-state index contributed by atoms with van der Waals surface area (Å²) in [5.74, 6) is 0.263. The molecule has 0 spiro atoms. The first kappa shape index (κ1) is 15.8. The molecule has 3 N–H and O–H groups in total. The standard InChI is InChI=1S/C10H17N3O2S2.ClH/c1-7-12-6-10(16-7)17(14,15)13-9-4-2-3-8(9)5-11;/h6,8-9,13H,2-5,11H2,1H3;1H. The fourth-order valence-electron chi connectivity index (χ4n) is 2.20. The molecule has 104 valence electrons. The molecule has 2 unspecified atom stereocenters. The molecule has 0 amide bonds. The molecule has 1 fully saturated rings. The molecule has 1 aromatic heterocycles. The Labute approximate surface area is 118 Å². The van der Waals surface area contributed by atoms with Gasteiger partial charge < -0.3 is 5.73 Å². The van der Waals surface area contributed by atoms with Gasteiger partial charge in [-0.15, -0.1) is 23.7 Å². The van der Waals surface area contributed by atoms with Gasteiger partial charge in [-0.1, -0.05) is 6.42 Å². The maximum absolute atomic E-state index is 12.1. The van der Waals surface area contributed by atoms with Gasteiger partial charge >= 0.3 is 0 Å². The number of aryl methyl sites for hydroxylation is 1. The number of aromatic nitrogens is 1. The van der Waals surface area contributed by atoms with Crippen LogP contribution in [0.1, 0.15) is 24.3 Å². The summed E-state index contributed by atoms with van der Waals surface area (Å²) in [5.41, 5.74) is 5.64. The molecule has 1 heterocycles. The number of rotatable bonds is 4. The summed E-state index contributed by atoms with van der Waals surface area (Å²) < 4.78 is 27.2. The highest BCUT2D eigenvalue weighted by molar-refractivity contribution is 7.91. The Balaban J connectivity index is 0.00000162. The van der Waals surface area contributed by atoms with Crippen LogP contribution >= 0.6 is 23.7 Å². The van der Waals surface area contributed by atoms with Crippen molar-refractivity contribution < 1.29 is 8.42 Å². The largest absolute Gasteiger partial charge is 0.330 e. The Hall–Kier alpha value is -0.210. The quantitative estimate of drug-likeness (QED) is 0.877. The minimum absolute atomic E-state index is 0. The minimum atomic E-state index is -3.42. The Bertz CT molecular complexity index is 489. The molecular weight excluding hydrogens is 294 g/mol. The number of nitrogens with zero attached hydrogens (tertiary/aromatic N) is 1. The highest BCUT2D eigenvalue weighted by Crippen LogP contribution is 2.27. The maximum Gasteiger partial charge on any atom is 0.251 e. The second-order valence-electron chi connectivity index (χ2n) is 4.35. The number of halogens is 1. The van der Waals surface area contributed by atoms with Crippen LogP contribution in [0.15, 0.2) is 10.4 Å². The van der Waals surface area contributed by atoms with Crippen molar-refractivity contribution in [3.63, 3.8) is 0 Å². The van der Waals surface area contributed by atoms with Gasteiger partial charge in [0.15, 0.2) is 4.21 Å². The third kappa shape index (κ3) is 3.42. The van der Waals surface area contributed by atoms with Gasteiger partial charge in [-0.05, 0) is 32.2 Å². The van der Waals surface area contributed by atoms with E-state index >= 15 is 0 Å². The summed E-state index contributed by atoms with van der Waals surface area (Å²) in [6, 6.07) is -0.0209. The van der Waals surface area contributed by atoms with E-state index in [0.29, 0.717) is 6.54 Å². The molecule has 1 saturated carbocycles. The molecule has 1 aromatic rings. The number of nitrogens with two attached hydrogens (primary N) is 1. The van der Waals surface area contributed by atoms with Crippen LogP contribution in [0.4, 0.5) is 0 Å². The SMILES string of the molecule is Cc1ncc(S(=O)(=O)NC2CCCC2CN)s1.Cl. The van der Waals surface area contributed by atoms with Gasteiger partial charge in [-0.3, -0.25) is 0 Å². The molecular formula is C10H18ClN3O2S2. The van der Waals surface area contributed by atoms with Crippen molar-refractivity contribution in [1.29, 1.82) is 0 Å². The number of thiazole rings is 1. The lowest BCUT2D eigenvalue weighted by Gasteiger charge is -2.18. The van der Waals surface area contributed by atoms with E-state index in [4.69, 9.17) is 5.73 Å². The first-order valence-electron chi connectivity index (χ1n) is 5.68. The van der Waals surface area contributed by atoms with Gasteiger partial charge in [0.2, 0.25) is 0 Å². The average Bonchev–Trinajstić information content (AvgIpc) is 2.86. The van der Waals surface area contributed by atoms with E-state index in [1.807, 2.05) is 0 Å². The van der Waals surface area contributed by atoms with Crippen LogP contribution in [-0.4, -0.2) is 26.0 Å². The Morgan fingerprint density at radius 2 is 2.28 bits per heavy atom. The number of hydrogen-bond acceptors (Lipinski definition) is 5. The van der Waals surface area contributed by atoms with E-state index in [9.17, 15) is 8.42 Å². The first-order valence-corrected chi connectivity index (χ1v) is 7.97. The molecule has 0 aliphatic heterocycles. The molecule has 0 saturated heterocycles. The van der Waals surface area contributed by atoms with Gasteiger partial charge in [0.25, 0.3) is 10.0 Å². The highest BCUT2D eigenvalue weighted by Gasteiger charge is 2.30.